The average molecular weight is 445 g/mol. The van der Waals surface area contributed by atoms with Crippen LogP contribution in [0.4, 0.5) is 5.69 Å². The van der Waals surface area contributed by atoms with E-state index in [1.165, 1.54) is 5.56 Å². The zero-order chi connectivity index (χ0) is 23.4. The quantitative estimate of drug-likeness (QED) is 0.457. The molecule has 1 aliphatic rings. The number of benzene rings is 2. The van der Waals surface area contributed by atoms with Crippen molar-refractivity contribution < 1.29 is 14.3 Å². The monoisotopic (exact) mass is 444 g/mol. The first-order chi connectivity index (χ1) is 16.0. The fourth-order valence-corrected chi connectivity index (χ4v) is 4.42. The van der Waals surface area contributed by atoms with Gasteiger partial charge in [-0.3, -0.25) is 4.79 Å². The van der Waals surface area contributed by atoms with Crippen LogP contribution in [0.5, 0.6) is 11.6 Å². The van der Waals surface area contributed by atoms with Gasteiger partial charge in [-0.05, 0) is 66.1 Å². The molecule has 1 amide bonds. The van der Waals surface area contributed by atoms with Gasteiger partial charge in [0.05, 0.1) is 32.4 Å². The van der Waals surface area contributed by atoms with E-state index in [0.29, 0.717) is 18.3 Å². The van der Waals surface area contributed by atoms with Gasteiger partial charge in [-0.2, -0.15) is 0 Å². The number of pyridine rings is 1. The summed E-state index contributed by atoms with van der Waals surface area (Å²) in [6.07, 6.45) is 2.70. The first-order valence-electron chi connectivity index (χ1n) is 11.6. The smallest absolute Gasteiger partial charge is 0.236 e. The van der Waals surface area contributed by atoms with E-state index in [4.69, 9.17) is 14.5 Å². The Morgan fingerprint density at radius 3 is 2.36 bits per heavy atom. The second-order valence-corrected chi connectivity index (χ2v) is 8.86. The fourth-order valence-electron chi connectivity index (χ4n) is 4.42. The van der Waals surface area contributed by atoms with Crippen LogP contribution in [0.2, 0.25) is 0 Å². The lowest BCUT2D eigenvalue weighted by molar-refractivity contribution is -0.120. The highest BCUT2D eigenvalue weighted by atomic mass is 16.5. The van der Waals surface area contributed by atoms with E-state index in [2.05, 4.69) is 38.1 Å². The van der Waals surface area contributed by atoms with Crippen molar-refractivity contribution in [2.75, 3.05) is 19.1 Å². The Hall–Kier alpha value is -3.34. The molecule has 0 radical (unpaired) electrons. The van der Waals surface area contributed by atoms with Crippen molar-refractivity contribution in [2.45, 2.75) is 51.5 Å². The van der Waals surface area contributed by atoms with Crippen molar-refractivity contribution in [1.82, 2.24) is 4.98 Å². The number of nitrogens with zero attached hydrogens (tertiary/aromatic N) is 2. The number of aryl methyl sites for hydroxylation is 1. The number of carbonyl (C=O) groups is 1. The minimum Gasteiger partial charge on any atom is -0.497 e. The van der Waals surface area contributed by atoms with Crippen molar-refractivity contribution in [1.29, 1.82) is 0 Å². The third-order valence-corrected chi connectivity index (χ3v) is 6.40. The molecule has 33 heavy (non-hydrogen) atoms. The van der Waals surface area contributed by atoms with Gasteiger partial charge in [0.2, 0.25) is 11.8 Å². The maximum Gasteiger partial charge on any atom is 0.236 e. The number of methoxy groups -OCH3 is 2. The summed E-state index contributed by atoms with van der Waals surface area (Å²) >= 11 is 0. The Labute approximate surface area is 196 Å². The molecule has 0 spiro atoms. The van der Waals surface area contributed by atoms with Gasteiger partial charge in [0.25, 0.3) is 0 Å². The predicted octanol–water partition coefficient (Wildman–Crippen LogP) is 5.88. The summed E-state index contributed by atoms with van der Waals surface area (Å²) in [7, 11) is 3.27. The van der Waals surface area contributed by atoms with E-state index in [1.54, 1.807) is 14.2 Å². The molecule has 0 bridgehead atoms. The molecule has 0 aliphatic heterocycles. The summed E-state index contributed by atoms with van der Waals surface area (Å²) in [6.45, 7) is 4.83. The van der Waals surface area contributed by atoms with E-state index < -0.39 is 0 Å². The van der Waals surface area contributed by atoms with Gasteiger partial charge in [-0.15, -0.1) is 0 Å². The van der Waals surface area contributed by atoms with Gasteiger partial charge in [0.15, 0.2) is 0 Å². The highest BCUT2D eigenvalue weighted by molar-refractivity contribution is 5.98. The molecule has 0 fully saturated rings. The van der Waals surface area contributed by atoms with Crippen LogP contribution in [0.15, 0.2) is 60.7 Å². The Kier molecular flexibility index (Phi) is 6.97. The SMILES string of the molecule is COc1ccc(CN(C(=O)C2CCCc3ccc(OC)nc32)c2ccc(C(C)C)cc2)cc1. The highest BCUT2D eigenvalue weighted by Crippen LogP contribution is 2.35. The number of hydrogen-bond donors (Lipinski definition) is 0. The predicted molar refractivity (Wildman–Crippen MR) is 131 cm³/mol. The van der Waals surface area contributed by atoms with Crippen molar-refractivity contribution in [3.63, 3.8) is 0 Å². The lowest BCUT2D eigenvalue weighted by Crippen LogP contribution is -2.36. The molecule has 1 heterocycles. The van der Waals surface area contributed by atoms with Gasteiger partial charge >= 0.3 is 0 Å². The summed E-state index contributed by atoms with van der Waals surface area (Å²) < 4.78 is 10.7. The molecule has 1 atom stereocenters. The fraction of sp³-hybridized carbons (Fsp3) is 0.357. The Morgan fingerprint density at radius 2 is 1.73 bits per heavy atom. The standard InChI is InChI=1S/C28H32N2O3/c1-19(2)21-10-13-23(14-11-21)30(18-20-8-15-24(32-3)16-9-20)28(31)25-7-5-6-22-12-17-26(33-4)29-27(22)25/h8-17,19,25H,5-7,18H2,1-4H3. The zero-order valence-corrected chi connectivity index (χ0v) is 19.9. The van der Waals surface area contributed by atoms with Crippen LogP contribution >= 0.6 is 0 Å². The highest BCUT2D eigenvalue weighted by Gasteiger charge is 2.32. The van der Waals surface area contributed by atoms with Crippen molar-refractivity contribution in [3.8, 4) is 11.6 Å². The Bertz CT molecular complexity index is 1090. The van der Waals surface area contributed by atoms with Gasteiger partial charge in [0, 0.05) is 11.8 Å². The minimum absolute atomic E-state index is 0.0739. The van der Waals surface area contributed by atoms with Crippen LogP contribution in [-0.4, -0.2) is 25.1 Å². The van der Waals surface area contributed by atoms with E-state index in [9.17, 15) is 4.79 Å². The van der Waals surface area contributed by atoms with Crippen LogP contribution < -0.4 is 14.4 Å². The molecule has 4 rings (SSSR count). The van der Waals surface area contributed by atoms with E-state index >= 15 is 0 Å². The number of hydrogen-bond acceptors (Lipinski definition) is 4. The lowest BCUT2D eigenvalue weighted by Gasteiger charge is -2.31. The van der Waals surface area contributed by atoms with Crippen LogP contribution in [0.1, 0.15) is 60.9 Å². The van der Waals surface area contributed by atoms with Crippen molar-refractivity contribution >= 4 is 11.6 Å². The number of fused-ring (bicyclic) bond motifs is 1. The maximum atomic E-state index is 14.0. The van der Waals surface area contributed by atoms with Gasteiger partial charge in [0.1, 0.15) is 5.75 Å². The number of amides is 1. The van der Waals surface area contributed by atoms with Crippen LogP contribution in [0, 0.1) is 0 Å². The average Bonchev–Trinajstić information content (AvgIpc) is 2.86. The number of anilines is 1. The van der Waals surface area contributed by atoms with Gasteiger partial charge < -0.3 is 14.4 Å². The molecule has 1 unspecified atom stereocenters. The van der Waals surface area contributed by atoms with E-state index in [1.807, 2.05) is 41.3 Å². The molecule has 5 heteroatoms. The van der Waals surface area contributed by atoms with Crippen LogP contribution in [-0.2, 0) is 17.8 Å². The van der Waals surface area contributed by atoms with Crippen molar-refractivity contribution in [3.05, 3.63) is 83.0 Å². The summed E-state index contributed by atoms with van der Waals surface area (Å²) in [4.78, 5) is 20.6. The summed E-state index contributed by atoms with van der Waals surface area (Å²) in [5.74, 6) is 1.58. The van der Waals surface area contributed by atoms with E-state index in [-0.39, 0.29) is 11.8 Å². The summed E-state index contributed by atoms with van der Waals surface area (Å²) in [6, 6.07) is 20.2. The number of rotatable bonds is 7. The number of ether oxygens (including phenoxy) is 2. The molecule has 5 nitrogen and oxygen atoms in total. The number of carbonyl (C=O) groups excluding carboxylic acids is 1. The summed E-state index contributed by atoms with van der Waals surface area (Å²) in [5.41, 5.74) is 5.19. The Morgan fingerprint density at radius 1 is 1.00 bits per heavy atom. The molecular weight excluding hydrogens is 412 g/mol. The van der Waals surface area contributed by atoms with Gasteiger partial charge in [-0.25, -0.2) is 4.98 Å². The largest absolute Gasteiger partial charge is 0.497 e. The number of aromatic nitrogens is 1. The van der Waals surface area contributed by atoms with Crippen LogP contribution in [0.25, 0.3) is 0 Å². The normalized spacial score (nSPS) is 15.1. The molecule has 2 aromatic carbocycles. The first kappa shape index (κ1) is 22.8. The van der Waals surface area contributed by atoms with Crippen molar-refractivity contribution in [2.24, 2.45) is 0 Å². The molecule has 1 aromatic heterocycles. The zero-order valence-electron chi connectivity index (χ0n) is 19.9. The lowest BCUT2D eigenvalue weighted by atomic mass is 9.85. The second kappa shape index (κ2) is 10.1. The Balaban J connectivity index is 1.70. The van der Waals surface area contributed by atoms with Gasteiger partial charge in [-0.1, -0.05) is 44.2 Å². The minimum atomic E-state index is -0.285. The molecule has 0 saturated carbocycles. The third kappa shape index (κ3) is 5.03. The molecule has 172 valence electrons. The third-order valence-electron chi connectivity index (χ3n) is 6.40. The topological polar surface area (TPSA) is 51.7 Å². The maximum absolute atomic E-state index is 14.0. The molecule has 1 aliphatic carbocycles. The van der Waals surface area contributed by atoms with E-state index in [0.717, 1.165) is 47.5 Å². The van der Waals surface area contributed by atoms with Crippen LogP contribution in [0.3, 0.4) is 0 Å². The molecular formula is C28H32N2O3. The second-order valence-electron chi connectivity index (χ2n) is 8.86. The first-order valence-corrected chi connectivity index (χ1v) is 11.6. The molecule has 0 N–H and O–H groups in total. The summed E-state index contributed by atoms with van der Waals surface area (Å²) in [5, 5.41) is 0. The molecule has 0 saturated heterocycles. The molecule has 3 aromatic rings.